The van der Waals surface area contributed by atoms with Crippen LogP contribution in [0.15, 0.2) is 78.9 Å². The maximum atomic E-state index is 13.1. The minimum atomic E-state index is 0.0850. The molecule has 0 aromatic heterocycles. The highest BCUT2D eigenvalue weighted by Crippen LogP contribution is 2.26. The number of nitrogens with zero attached hydrogens (tertiary/aromatic N) is 1. The molecule has 1 aliphatic heterocycles. The lowest BCUT2D eigenvalue weighted by atomic mass is 9.90. The number of para-hydroxylation sites is 1. The minimum Gasteiger partial charge on any atom is -0.496 e. The molecule has 0 saturated carbocycles. The summed E-state index contributed by atoms with van der Waals surface area (Å²) < 4.78 is 11.4. The molecule has 160 valence electrons. The molecule has 0 bridgehead atoms. The molecule has 3 aromatic carbocycles. The summed E-state index contributed by atoms with van der Waals surface area (Å²) >= 11 is 0. The lowest BCUT2D eigenvalue weighted by molar-refractivity contribution is 0.0690. The van der Waals surface area contributed by atoms with E-state index >= 15 is 0 Å². The van der Waals surface area contributed by atoms with Gasteiger partial charge in [-0.25, -0.2) is 0 Å². The first-order valence-corrected chi connectivity index (χ1v) is 10.9. The highest BCUT2D eigenvalue weighted by atomic mass is 16.5. The van der Waals surface area contributed by atoms with Crippen LogP contribution in [0, 0.1) is 5.92 Å². The number of amides is 1. The molecule has 4 nitrogen and oxygen atoms in total. The lowest BCUT2D eigenvalue weighted by Gasteiger charge is -2.32. The fourth-order valence-electron chi connectivity index (χ4n) is 4.17. The molecule has 0 unspecified atom stereocenters. The number of carbonyl (C=O) groups is 1. The molecule has 0 aliphatic carbocycles. The maximum Gasteiger partial charge on any atom is 0.253 e. The Balaban J connectivity index is 1.38. The summed E-state index contributed by atoms with van der Waals surface area (Å²) in [5.74, 6) is 2.25. The van der Waals surface area contributed by atoms with Crippen LogP contribution in [0.5, 0.6) is 11.5 Å². The highest BCUT2D eigenvalue weighted by Gasteiger charge is 2.24. The van der Waals surface area contributed by atoms with Crippen LogP contribution in [0.25, 0.3) is 0 Å². The van der Waals surface area contributed by atoms with E-state index < -0.39 is 0 Å². The molecule has 1 heterocycles. The lowest BCUT2D eigenvalue weighted by Crippen LogP contribution is -2.39. The molecule has 0 radical (unpaired) electrons. The minimum absolute atomic E-state index is 0.0850. The van der Waals surface area contributed by atoms with E-state index in [0.29, 0.717) is 18.1 Å². The SMILES string of the molecule is COc1ccc(C(=O)N2CCC(Cc3ccccc3)CC2)cc1COc1ccccc1. The van der Waals surface area contributed by atoms with Crippen molar-refractivity contribution in [2.24, 2.45) is 5.92 Å². The molecule has 0 spiro atoms. The molecule has 1 fully saturated rings. The second-order valence-electron chi connectivity index (χ2n) is 8.05. The van der Waals surface area contributed by atoms with Crippen LogP contribution in [0.4, 0.5) is 0 Å². The maximum absolute atomic E-state index is 13.1. The predicted octanol–water partition coefficient (Wildman–Crippen LogP) is 5.37. The van der Waals surface area contributed by atoms with Gasteiger partial charge in [-0.05, 0) is 61.1 Å². The molecule has 0 N–H and O–H groups in total. The van der Waals surface area contributed by atoms with Gasteiger partial charge in [0.2, 0.25) is 0 Å². The summed E-state index contributed by atoms with van der Waals surface area (Å²) in [6, 6.07) is 25.9. The normalized spacial score (nSPS) is 14.3. The van der Waals surface area contributed by atoms with E-state index in [4.69, 9.17) is 9.47 Å². The van der Waals surface area contributed by atoms with E-state index in [9.17, 15) is 4.79 Å². The number of likely N-dealkylation sites (tertiary alicyclic amines) is 1. The molecule has 3 aromatic rings. The van der Waals surface area contributed by atoms with Gasteiger partial charge in [0, 0.05) is 24.2 Å². The zero-order valence-electron chi connectivity index (χ0n) is 18.0. The Morgan fingerprint density at radius 2 is 1.61 bits per heavy atom. The van der Waals surface area contributed by atoms with Gasteiger partial charge in [-0.15, -0.1) is 0 Å². The van der Waals surface area contributed by atoms with Crippen molar-refractivity contribution in [3.8, 4) is 11.5 Å². The van der Waals surface area contributed by atoms with Gasteiger partial charge in [-0.3, -0.25) is 4.79 Å². The van der Waals surface area contributed by atoms with Crippen LogP contribution in [0.3, 0.4) is 0 Å². The van der Waals surface area contributed by atoms with Gasteiger partial charge >= 0.3 is 0 Å². The molecule has 31 heavy (non-hydrogen) atoms. The first-order chi connectivity index (χ1) is 15.2. The standard InChI is InChI=1S/C27H29NO3/c1-30-26-13-12-23(19-24(26)20-31-25-10-6-3-7-11-25)27(29)28-16-14-22(15-17-28)18-21-8-4-2-5-9-21/h2-13,19,22H,14-18,20H2,1H3. The van der Waals surface area contributed by atoms with Crippen molar-refractivity contribution in [2.45, 2.75) is 25.9 Å². The molecule has 1 amide bonds. The third-order valence-corrected chi connectivity index (χ3v) is 5.93. The van der Waals surface area contributed by atoms with Crippen molar-refractivity contribution in [1.82, 2.24) is 4.90 Å². The van der Waals surface area contributed by atoms with Crippen LogP contribution in [-0.2, 0) is 13.0 Å². The number of hydrogen-bond donors (Lipinski definition) is 0. The van der Waals surface area contributed by atoms with Gasteiger partial charge in [-0.2, -0.15) is 0 Å². The van der Waals surface area contributed by atoms with E-state index in [-0.39, 0.29) is 5.91 Å². The van der Waals surface area contributed by atoms with Gasteiger partial charge < -0.3 is 14.4 Å². The summed E-state index contributed by atoms with van der Waals surface area (Å²) in [5.41, 5.74) is 2.94. The summed E-state index contributed by atoms with van der Waals surface area (Å²) in [6.45, 7) is 1.96. The van der Waals surface area contributed by atoms with Gasteiger partial charge in [-0.1, -0.05) is 48.5 Å². The molecule has 4 heteroatoms. The number of benzene rings is 3. The van der Waals surface area contributed by atoms with Crippen molar-refractivity contribution in [3.63, 3.8) is 0 Å². The van der Waals surface area contributed by atoms with Crippen molar-refractivity contribution >= 4 is 5.91 Å². The summed E-state index contributed by atoms with van der Waals surface area (Å²) in [7, 11) is 1.64. The Morgan fingerprint density at radius 1 is 0.935 bits per heavy atom. The molecule has 1 saturated heterocycles. The summed E-state index contributed by atoms with van der Waals surface area (Å²) in [5, 5.41) is 0. The van der Waals surface area contributed by atoms with Crippen LogP contribution >= 0.6 is 0 Å². The Kier molecular flexibility index (Phi) is 6.88. The van der Waals surface area contributed by atoms with Gasteiger partial charge in [0.15, 0.2) is 0 Å². The van der Waals surface area contributed by atoms with Crippen LogP contribution in [0.1, 0.15) is 34.3 Å². The monoisotopic (exact) mass is 415 g/mol. The Labute approximate surface area is 184 Å². The van der Waals surface area contributed by atoms with E-state index in [2.05, 4.69) is 30.3 Å². The Hall–Kier alpha value is -3.27. The molecular formula is C27H29NO3. The van der Waals surface area contributed by atoms with Crippen LogP contribution in [0.2, 0.25) is 0 Å². The quantitative estimate of drug-likeness (QED) is 0.521. The van der Waals surface area contributed by atoms with Gasteiger partial charge in [0.25, 0.3) is 5.91 Å². The van der Waals surface area contributed by atoms with Crippen LogP contribution in [-0.4, -0.2) is 31.0 Å². The van der Waals surface area contributed by atoms with Gasteiger partial charge in [0.05, 0.1) is 7.11 Å². The van der Waals surface area contributed by atoms with Crippen molar-refractivity contribution in [2.75, 3.05) is 20.2 Å². The smallest absolute Gasteiger partial charge is 0.253 e. The second kappa shape index (κ2) is 10.2. The molecule has 4 rings (SSSR count). The summed E-state index contributed by atoms with van der Waals surface area (Å²) in [6.07, 6.45) is 3.17. The number of piperidine rings is 1. The van der Waals surface area contributed by atoms with Crippen molar-refractivity contribution < 1.29 is 14.3 Å². The molecule has 1 aliphatic rings. The zero-order chi connectivity index (χ0) is 21.5. The average molecular weight is 416 g/mol. The third-order valence-electron chi connectivity index (χ3n) is 5.93. The Bertz CT molecular complexity index is 980. The largest absolute Gasteiger partial charge is 0.496 e. The summed E-state index contributed by atoms with van der Waals surface area (Å²) in [4.78, 5) is 15.1. The third kappa shape index (κ3) is 5.46. The second-order valence-corrected chi connectivity index (χ2v) is 8.05. The highest BCUT2D eigenvalue weighted by molar-refractivity contribution is 5.94. The zero-order valence-corrected chi connectivity index (χ0v) is 18.0. The van der Waals surface area contributed by atoms with Crippen LogP contribution < -0.4 is 9.47 Å². The van der Waals surface area contributed by atoms with Crippen molar-refractivity contribution in [3.05, 3.63) is 95.6 Å². The first kappa shape index (κ1) is 21.0. The fraction of sp³-hybridized carbons (Fsp3) is 0.296. The molecular weight excluding hydrogens is 386 g/mol. The number of ether oxygens (including phenoxy) is 2. The fourth-order valence-corrected chi connectivity index (χ4v) is 4.17. The topological polar surface area (TPSA) is 38.8 Å². The van der Waals surface area contributed by atoms with E-state index in [1.807, 2.05) is 53.4 Å². The predicted molar refractivity (Wildman–Crippen MR) is 123 cm³/mol. The molecule has 0 atom stereocenters. The van der Waals surface area contributed by atoms with Gasteiger partial charge in [0.1, 0.15) is 18.1 Å². The van der Waals surface area contributed by atoms with E-state index in [1.54, 1.807) is 7.11 Å². The van der Waals surface area contributed by atoms with E-state index in [1.165, 1.54) is 5.56 Å². The first-order valence-electron chi connectivity index (χ1n) is 10.9. The number of methoxy groups -OCH3 is 1. The van der Waals surface area contributed by atoms with E-state index in [0.717, 1.165) is 49.4 Å². The number of hydrogen-bond acceptors (Lipinski definition) is 3. The average Bonchev–Trinajstić information content (AvgIpc) is 2.84. The van der Waals surface area contributed by atoms with Crippen molar-refractivity contribution in [1.29, 1.82) is 0 Å². The number of rotatable bonds is 7. The number of carbonyl (C=O) groups excluding carboxylic acids is 1. The Morgan fingerprint density at radius 3 is 2.29 bits per heavy atom.